The Bertz CT molecular complexity index is 389. The molecule has 0 N–H and O–H groups in total. The molecule has 2 nitrogen and oxygen atoms in total. The van der Waals surface area contributed by atoms with Crippen molar-refractivity contribution in [2.24, 2.45) is 0 Å². The summed E-state index contributed by atoms with van der Waals surface area (Å²) in [5.74, 6) is -0.270. The van der Waals surface area contributed by atoms with Crippen LogP contribution >= 0.6 is 90.4 Å². The standard InChI is InChI=1S/C8H4I4O2/c1-14-8(13)5-3(9)2-4(10)6(11)7(5)12/h2H,1H3. The highest BCUT2D eigenvalue weighted by Crippen LogP contribution is 2.29. The largest absolute Gasteiger partial charge is 0.465 e. The van der Waals surface area contributed by atoms with Crippen LogP contribution in [-0.4, -0.2) is 13.1 Å². The molecule has 0 saturated carbocycles. The molecule has 1 aromatic rings. The number of methoxy groups -OCH3 is 1. The molecule has 0 heterocycles. The Balaban J connectivity index is 3.44. The van der Waals surface area contributed by atoms with E-state index < -0.39 is 0 Å². The summed E-state index contributed by atoms with van der Waals surface area (Å²) in [6.45, 7) is 0. The average molecular weight is 640 g/mol. The van der Waals surface area contributed by atoms with Gasteiger partial charge in [-0.3, -0.25) is 0 Å². The number of rotatable bonds is 1. The SMILES string of the molecule is COC(=O)c1c(I)cc(I)c(I)c1I. The smallest absolute Gasteiger partial charge is 0.340 e. The van der Waals surface area contributed by atoms with Crippen LogP contribution in [0.4, 0.5) is 0 Å². The molecular weight excluding hydrogens is 636 g/mol. The van der Waals surface area contributed by atoms with Crippen molar-refractivity contribution in [3.63, 3.8) is 0 Å². The Hall–Kier alpha value is 1.61. The van der Waals surface area contributed by atoms with Gasteiger partial charge in [-0.1, -0.05) is 0 Å². The summed E-state index contributed by atoms with van der Waals surface area (Å²) in [5.41, 5.74) is 0.665. The molecule has 6 heteroatoms. The lowest BCUT2D eigenvalue weighted by atomic mass is 10.2. The monoisotopic (exact) mass is 640 g/mol. The number of hydrogen-bond donors (Lipinski definition) is 0. The number of carbonyl (C=O) groups excluding carboxylic acids is 1. The Morgan fingerprint density at radius 2 is 1.71 bits per heavy atom. The molecule has 1 rings (SSSR count). The molecule has 0 fully saturated rings. The van der Waals surface area contributed by atoms with E-state index in [1.165, 1.54) is 7.11 Å². The Kier molecular flexibility index (Phi) is 5.66. The first kappa shape index (κ1) is 13.7. The third-order valence-corrected chi connectivity index (χ3v) is 7.47. The minimum absolute atomic E-state index is 0.270. The zero-order chi connectivity index (χ0) is 10.9. The maximum Gasteiger partial charge on any atom is 0.340 e. The van der Waals surface area contributed by atoms with Crippen LogP contribution in [0.3, 0.4) is 0 Å². The van der Waals surface area contributed by atoms with Crippen LogP contribution in [0, 0.1) is 14.3 Å². The molecule has 0 bridgehead atoms. The summed E-state index contributed by atoms with van der Waals surface area (Å²) in [4.78, 5) is 11.5. The van der Waals surface area contributed by atoms with Gasteiger partial charge in [-0.05, 0) is 96.4 Å². The Morgan fingerprint density at radius 1 is 1.14 bits per heavy atom. The van der Waals surface area contributed by atoms with Crippen molar-refractivity contribution in [1.29, 1.82) is 0 Å². The van der Waals surface area contributed by atoms with E-state index in [1.54, 1.807) is 0 Å². The molecule has 0 aliphatic rings. The van der Waals surface area contributed by atoms with Crippen molar-refractivity contribution in [2.75, 3.05) is 7.11 Å². The van der Waals surface area contributed by atoms with Crippen LogP contribution in [-0.2, 0) is 4.74 Å². The van der Waals surface area contributed by atoms with Gasteiger partial charge in [-0.25, -0.2) is 4.79 Å². The minimum Gasteiger partial charge on any atom is -0.465 e. The molecule has 0 amide bonds. The molecule has 0 saturated heterocycles. The summed E-state index contributed by atoms with van der Waals surface area (Å²) in [5, 5.41) is 0. The second kappa shape index (κ2) is 5.80. The molecular formula is C8H4I4O2. The van der Waals surface area contributed by atoms with Crippen molar-refractivity contribution in [1.82, 2.24) is 0 Å². The average Bonchev–Trinajstić information content (AvgIpc) is 2.14. The second-order valence-corrected chi connectivity index (χ2v) is 6.82. The first-order chi connectivity index (χ1) is 6.49. The van der Waals surface area contributed by atoms with Crippen LogP contribution in [0.2, 0.25) is 0 Å². The maximum atomic E-state index is 11.5. The van der Waals surface area contributed by atoms with Crippen LogP contribution in [0.15, 0.2) is 6.07 Å². The summed E-state index contributed by atoms with van der Waals surface area (Å²) in [7, 11) is 1.40. The molecule has 0 atom stereocenters. The van der Waals surface area contributed by atoms with E-state index in [4.69, 9.17) is 4.74 Å². The van der Waals surface area contributed by atoms with E-state index >= 15 is 0 Å². The number of halogens is 4. The van der Waals surface area contributed by atoms with Gasteiger partial charge in [0.05, 0.1) is 12.7 Å². The van der Waals surface area contributed by atoms with Gasteiger partial charge in [0.15, 0.2) is 0 Å². The maximum absolute atomic E-state index is 11.5. The lowest BCUT2D eigenvalue weighted by Crippen LogP contribution is -2.08. The quantitative estimate of drug-likeness (QED) is 0.202. The number of benzene rings is 1. The fourth-order valence-corrected chi connectivity index (χ4v) is 5.09. The molecule has 1 aromatic carbocycles. The summed E-state index contributed by atoms with van der Waals surface area (Å²) >= 11 is 8.82. The highest BCUT2D eigenvalue weighted by Gasteiger charge is 2.18. The zero-order valence-corrected chi connectivity index (χ0v) is 15.5. The van der Waals surface area contributed by atoms with Gasteiger partial charge in [0.1, 0.15) is 0 Å². The van der Waals surface area contributed by atoms with Gasteiger partial charge in [0.2, 0.25) is 0 Å². The van der Waals surface area contributed by atoms with E-state index in [0.29, 0.717) is 5.56 Å². The summed E-state index contributed by atoms with van der Waals surface area (Å²) < 4.78 is 8.90. The first-order valence-electron chi connectivity index (χ1n) is 3.40. The van der Waals surface area contributed by atoms with E-state index in [9.17, 15) is 4.79 Å². The van der Waals surface area contributed by atoms with Gasteiger partial charge >= 0.3 is 5.97 Å². The lowest BCUT2D eigenvalue weighted by molar-refractivity contribution is 0.0598. The highest BCUT2D eigenvalue weighted by molar-refractivity contribution is 14.1. The molecule has 14 heavy (non-hydrogen) atoms. The highest BCUT2D eigenvalue weighted by atomic mass is 127. The predicted octanol–water partition coefficient (Wildman–Crippen LogP) is 3.89. The van der Waals surface area contributed by atoms with E-state index in [2.05, 4.69) is 90.4 Å². The van der Waals surface area contributed by atoms with Gasteiger partial charge in [0, 0.05) is 14.3 Å². The molecule has 0 spiro atoms. The second-order valence-electron chi connectivity index (χ2n) is 2.33. The van der Waals surface area contributed by atoms with Gasteiger partial charge in [0.25, 0.3) is 0 Å². The normalized spacial score (nSPS) is 10.1. The van der Waals surface area contributed by atoms with E-state index in [-0.39, 0.29) is 5.97 Å². The third-order valence-electron chi connectivity index (χ3n) is 1.50. The molecule has 0 aromatic heterocycles. The van der Waals surface area contributed by atoms with Crippen LogP contribution in [0.5, 0.6) is 0 Å². The van der Waals surface area contributed by atoms with Crippen LogP contribution < -0.4 is 0 Å². The molecule has 0 radical (unpaired) electrons. The van der Waals surface area contributed by atoms with E-state index in [0.717, 1.165) is 14.3 Å². The number of hydrogen-bond acceptors (Lipinski definition) is 2. The summed E-state index contributed by atoms with van der Waals surface area (Å²) in [6, 6.07) is 1.98. The Labute approximate surface area is 136 Å². The predicted molar refractivity (Wildman–Crippen MR) is 88.6 cm³/mol. The fourth-order valence-electron chi connectivity index (χ4n) is 0.855. The Morgan fingerprint density at radius 3 is 2.21 bits per heavy atom. The van der Waals surface area contributed by atoms with Crippen molar-refractivity contribution in [3.05, 3.63) is 25.9 Å². The fraction of sp³-hybridized carbons (Fsp3) is 0.125. The van der Waals surface area contributed by atoms with Crippen molar-refractivity contribution in [3.8, 4) is 0 Å². The first-order valence-corrected chi connectivity index (χ1v) is 7.71. The van der Waals surface area contributed by atoms with Crippen LogP contribution in [0.1, 0.15) is 10.4 Å². The number of esters is 1. The molecule has 0 unspecified atom stereocenters. The van der Waals surface area contributed by atoms with Crippen molar-refractivity contribution >= 4 is 96.3 Å². The zero-order valence-electron chi connectivity index (χ0n) is 6.91. The van der Waals surface area contributed by atoms with Crippen molar-refractivity contribution in [2.45, 2.75) is 0 Å². The lowest BCUT2D eigenvalue weighted by Gasteiger charge is -2.08. The minimum atomic E-state index is -0.270. The third kappa shape index (κ3) is 2.84. The molecule has 0 aliphatic carbocycles. The van der Waals surface area contributed by atoms with Gasteiger partial charge in [-0.2, -0.15) is 0 Å². The molecule has 0 aliphatic heterocycles. The number of carbonyl (C=O) groups is 1. The topological polar surface area (TPSA) is 26.3 Å². The van der Waals surface area contributed by atoms with Gasteiger partial charge in [-0.15, -0.1) is 0 Å². The van der Waals surface area contributed by atoms with Gasteiger partial charge < -0.3 is 4.74 Å². The molecule has 76 valence electrons. The van der Waals surface area contributed by atoms with E-state index in [1.807, 2.05) is 6.07 Å². The van der Waals surface area contributed by atoms with Crippen LogP contribution in [0.25, 0.3) is 0 Å². The van der Waals surface area contributed by atoms with Crippen molar-refractivity contribution < 1.29 is 9.53 Å². The summed E-state index contributed by atoms with van der Waals surface area (Å²) in [6.07, 6.45) is 0. The number of ether oxygens (including phenoxy) is 1.